The van der Waals surface area contributed by atoms with Crippen LogP contribution in [-0.2, 0) is 0 Å². The fraction of sp³-hybridized carbons (Fsp3) is 0.188. The predicted octanol–water partition coefficient (Wildman–Crippen LogP) is 3.36. The maximum absolute atomic E-state index is 13.4. The summed E-state index contributed by atoms with van der Waals surface area (Å²) in [5.41, 5.74) is 0.533. The van der Waals surface area contributed by atoms with Crippen molar-refractivity contribution in [3.63, 3.8) is 0 Å². The minimum Gasteiger partial charge on any atom is -0.493 e. The number of nitrogens with one attached hydrogen (secondary N) is 1. The molecule has 0 spiro atoms. The van der Waals surface area contributed by atoms with Gasteiger partial charge in [-0.2, -0.15) is 0 Å². The summed E-state index contributed by atoms with van der Waals surface area (Å²) in [5, 5.41) is 2.69. The van der Waals surface area contributed by atoms with Gasteiger partial charge >= 0.3 is 0 Å². The van der Waals surface area contributed by atoms with Crippen molar-refractivity contribution in [1.29, 1.82) is 0 Å². The molecule has 1 N–H and O–H groups in total. The summed E-state index contributed by atoms with van der Waals surface area (Å²) < 4.78 is 44.9. The molecule has 3 rings (SSSR count). The van der Waals surface area contributed by atoms with Gasteiger partial charge in [-0.05, 0) is 36.4 Å². The van der Waals surface area contributed by atoms with E-state index in [4.69, 9.17) is 4.74 Å². The van der Waals surface area contributed by atoms with E-state index in [1.807, 2.05) is 0 Å². The highest BCUT2D eigenvalue weighted by Crippen LogP contribution is 2.32. The van der Waals surface area contributed by atoms with E-state index in [1.165, 1.54) is 24.3 Å². The van der Waals surface area contributed by atoms with Crippen molar-refractivity contribution in [3.05, 3.63) is 65.0 Å². The van der Waals surface area contributed by atoms with Crippen molar-refractivity contribution < 1.29 is 22.7 Å². The van der Waals surface area contributed by atoms with Gasteiger partial charge in [0.25, 0.3) is 5.91 Å². The van der Waals surface area contributed by atoms with E-state index in [9.17, 15) is 18.0 Å². The van der Waals surface area contributed by atoms with Crippen LogP contribution < -0.4 is 10.1 Å². The highest BCUT2D eigenvalue weighted by Gasteiger charge is 2.24. The molecule has 1 atom stereocenters. The number of halogens is 3. The van der Waals surface area contributed by atoms with Gasteiger partial charge < -0.3 is 10.1 Å². The second-order valence-corrected chi connectivity index (χ2v) is 4.97. The summed E-state index contributed by atoms with van der Waals surface area (Å²) in [6.45, 7) is 0.376. The minimum atomic E-state index is -1.09. The number of carbonyl (C=O) groups is 1. The van der Waals surface area contributed by atoms with E-state index >= 15 is 0 Å². The van der Waals surface area contributed by atoms with Crippen LogP contribution in [-0.4, -0.2) is 12.5 Å². The fourth-order valence-corrected chi connectivity index (χ4v) is 2.39. The lowest BCUT2D eigenvalue weighted by Gasteiger charge is -2.26. The van der Waals surface area contributed by atoms with Crippen LogP contribution in [0.25, 0.3) is 0 Å². The molecule has 0 radical (unpaired) electrons. The number of carbonyl (C=O) groups excluding carboxylic acids is 1. The summed E-state index contributed by atoms with van der Waals surface area (Å²) in [4.78, 5) is 12.1. The van der Waals surface area contributed by atoms with Gasteiger partial charge in [-0.3, -0.25) is 4.79 Å². The van der Waals surface area contributed by atoms with Crippen LogP contribution in [0.2, 0.25) is 0 Å². The Morgan fingerprint density at radius 3 is 2.68 bits per heavy atom. The van der Waals surface area contributed by atoms with Gasteiger partial charge in [0, 0.05) is 17.5 Å². The largest absolute Gasteiger partial charge is 0.493 e. The highest BCUT2D eigenvalue weighted by atomic mass is 19.2. The molecule has 0 aromatic heterocycles. The quantitative estimate of drug-likeness (QED) is 0.924. The maximum Gasteiger partial charge on any atom is 0.251 e. The molecule has 0 fully saturated rings. The van der Waals surface area contributed by atoms with E-state index < -0.39 is 29.4 Å². The number of amides is 1. The van der Waals surface area contributed by atoms with Crippen LogP contribution >= 0.6 is 0 Å². The van der Waals surface area contributed by atoms with Gasteiger partial charge in [0.1, 0.15) is 11.6 Å². The normalized spacial score (nSPS) is 16.6. The van der Waals surface area contributed by atoms with Gasteiger partial charge in [0.2, 0.25) is 0 Å². The van der Waals surface area contributed by atoms with E-state index in [0.717, 1.165) is 12.1 Å². The van der Waals surface area contributed by atoms with Crippen molar-refractivity contribution in [2.75, 3.05) is 6.61 Å². The van der Waals surface area contributed by atoms with Gasteiger partial charge in [0.15, 0.2) is 11.6 Å². The average Bonchev–Trinajstić information content (AvgIpc) is 2.50. The smallest absolute Gasteiger partial charge is 0.251 e. The molecule has 3 nitrogen and oxygen atoms in total. The van der Waals surface area contributed by atoms with Crippen LogP contribution in [0.3, 0.4) is 0 Å². The predicted molar refractivity (Wildman–Crippen MR) is 73.1 cm³/mol. The Balaban J connectivity index is 1.83. The zero-order valence-electron chi connectivity index (χ0n) is 11.4. The Bertz CT molecular complexity index is 733. The molecule has 1 amide bonds. The molecule has 114 valence electrons. The number of benzene rings is 2. The van der Waals surface area contributed by atoms with E-state index in [2.05, 4.69) is 5.32 Å². The Hall–Kier alpha value is -2.50. The minimum absolute atomic E-state index is 0.00310. The van der Waals surface area contributed by atoms with Crippen LogP contribution in [0, 0.1) is 17.5 Å². The van der Waals surface area contributed by atoms with Crippen molar-refractivity contribution >= 4 is 5.91 Å². The SMILES string of the molecule is O=C(NC1CCOc2ccc(F)cc21)c1ccc(F)c(F)c1. The number of hydrogen-bond acceptors (Lipinski definition) is 2. The van der Waals surface area contributed by atoms with Crippen molar-refractivity contribution in [3.8, 4) is 5.75 Å². The summed E-state index contributed by atoms with van der Waals surface area (Å²) >= 11 is 0. The van der Waals surface area contributed by atoms with E-state index in [-0.39, 0.29) is 5.56 Å². The molecule has 1 aliphatic rings. The molecule has 1 heterocycles. The summed E-state index contributed by atoms with van der Waals surface area (Å²) in [6, 6.07) is 6.54. The van der Waals surface area contributed by atoms with Gasteiger partial charge in [-0.15, -0.1) is 0 Å². The molecule has 2 aromatic rings. The summed E-state index contributed by atoms with van der Waals surface area (Å²) in [6.07, 6.45) is 0.464. The Kier molecular flexibility index (Phi) is 3.75. The Morgan fingerprint density at radius 2 is 1.91 bits per heavy atom. The van der Waals surface area contributed by atoms with Crippen molar-refractivity contribution in [1.82, 2.24) is 5.32 Å². The molecule has 0 bridgehead atoms. The van der Waals surface area contributed by atoms with Crippen LogP contribution in [0.5, 0.6) is 5.75 Å². The molecule has 1 unspecified atom stereocenters. The molecule has 0 saturated carbocycles. The first-order chi connectivity index (χ1) is 10.5. The van der Waals surface area contributed by atoms with Crippen molar-refractivity contribution in [2.45, 2.75) is 12.5 Å². The maximum atomic E-state index is 13.4. The van der Waals surface area contributed by atoms with E-state index in [1.54, 1.807) is 0 Å². The average molecular weight is 307 g/mol. The lowest BCUT2D eigenvalue weighted by Crippen LogP contribution is -2.32. The van der Waals surface area contributed by atoms with Crippen LogP contribution in [0.15, 0.2) is 36.4 Å². The fourth-order valence-electron chi connectivity index (χ4n) is 2.39. The molecule has 22 heavy (non-hydrogen) atoms. The van der Waals surface area contributed by atoms with Gasteiger partial charge in [-0.25, -0.2) is 13.2 Å². The molecular weight excluding hydrogens is 295 g/mol. The third-order valence-corrected chi connectivity index (χ3v) is 3.50. The molecule has 6 heteroatoms. The summed E-state index contributed by atoms with van der Waals surface area (Å²) in [5.74, 6) is -2.60. The standard InChI is InChI=1S/C16H12F3NO2/c17-10-2-4-15-11(8-10)14(5-6-22-15)20-16(21)9-1-3-12(18)13(19)7-9/h1-4,7-8,14H,5-6H2,(H,20,21). The third-order valence-electron chi connectivity index (χ3n) is 3.50. The number of fused-ring (bicyclic) bond motifs is 1. The van der Waals surface area contributed by atoms with Crippen molar-refractivity contribution in [2.24, 2.45) is 0 Å². The second kappa shape index (κ2) is 5.71. The lowest BCUT2D eigenvalue weighted by molar-refractivity contribution is 0.0924. The molecular formula is C16H12F3NO2. The first-order valence-electron chi connectivity index (χ1n) is 6.73. The second-order valence-electron chi connectivity index (χ2n) is 4.97. The number of ether oxygens (including phenoxy) is 1. The molecule has 0 aliphatic carbocycles. The first-order valence-corrected chi connectivity index (χ1v) is 6.73. The zero-order chi connectivity index (χ0) is 15.7. The Labute approximate surface area is 124 Å². The number of rotatable bonds is 2. The lowest BCUT2D eigenvalue weighted by atomic mass is 10.00. The van der Waals surface area contributed by atoms with E-state index in [0.29, 0.717) is 24.3 Å². The third kappa shape index (κ3) is 2.77. The monoisotopic (exact) mass is 307 g/mol. The zero-order valence-corrected chi connectivity index (χ0v) is 11.4. The van der Waals surface area contributed by atoms with Crippen LogP contribution in [0.1, 0.15) is 28.4 Å². The molecule has 1 aliphatic heterocycles. The first kappa shape index (κ1) is 14.4. The van der Waals surface area contributed by atoms with Gasteiger partial charge in [0.05, 0.1) is 12.6 Å². The van der Waals surface area contributed by atoms with Gasteiger partial charge in [-0.1, -0.05) is 0 Å². The topological polar surface area (TPSA) is 38.3 Å². The summed E-state index contributed by atoms with van der Waals surface area (Å²) in [7, 11) is 0. The van der Waals surface area contributed by atoms with Crippen LogP contribution in [0.4, 0.5) is 13.2 Å². The Morgan fingerprint density at radius 1 is 1.09 bits per heavy atom. The number of hydrogen-bond donors (Lipinski definition) is 1. The molecule has 2 aromatic carbocycles. The highest BCUT2D eigenvalue weighted by molar-refractivity contribution is 5.94. The molecule has 0 saturated heterocycles.